The highest BCUT2D eigenvalue weighted by Crippen LogP contribution is 2.22. The summed E-state index contributed by atoms with van der Waals surface area (Å²) >= 11 is 0. The van der Waals surface area contributed by atoms with Crippen LogP contribution in [-0.2, 0) is 4.79 Å². The summed E-state index contributed by atoms with van der Waals surface area (Å²) in [5.41, 5.74) is 0.931. The number of nitrogens with one attached hydrogen (secondary N) is 1. The molecule has 0 radical (unpaired) electrons. The van der Waals surface area contributed by atoms with E-state index in [9.17, 15) is 14.9 Å². The minimum atomic E-state index is -1.03. The van der Waals surface area contributed by atoms with Crippen molar-refractivity contribution in [2.75, 3.05) is 6.61 Å². The zero-order valence-corrected chi connectivity index (χ0v) is 12.6. The van der Waals surface area contributed by atoms with Crippen LogP contribution in [0.4, 0.5) is 5.69 Å². The van der Waals surface area contributed by atoms with Gasteiger partial charge in [0.1, 0.15) is 6.61 Å². The molecule has 0 aliphatic heterocycles. The number of benzene rings is 1. The lowest BCUT2D eigenvalue weighted by Crippen LogP contribution is -2.07. The van der Waals surface area contributed by atoms with Gasteiger partial charge in [-0.25, -0.2) is 4.98 Å². The van der Waals surface area contributed by atoms with Crippen LogP contribution < -0.4 is 4.74 Å². The topological polar surface area (TPSA) is 118 Å². The third kappa shape index (κ3) is 4.80. The number of hydrogen-bond donors (Lipinski definition) is 2. The maximum Gasteiger partial charge on any atom is 0.330 e. The van der Waals surface area contributed by atoms with Gasteiger partial charge in [0.15, 0.2) is 0 Å². The van der Waals surface area contributed by atoms with Crippen molar-refractivity contribution in [2.45, 2.75) is 6.42 Å². The molecule has 1 aromatic carbocycles. The molecule has 24 heavy (non-hydrogen) atoms. The van der Waals surface area contributed by atoms with Crippen LogP contribution in [0, 0.1) is 10.1 Å². The lowest BCUT2D eigenvalue weighted by atomic mass is 10.3. The SMILES string of the molecule is O=C(O)CCOc1ncccc1[N+](=O)[O-].c1ccc2[nH]ccc2c1. The van der Waals surface area contributed by atoms with Crippen molar-refractivity contribution in [2.24, 2.45) is 0 Å². The van der Waals surface area contributed by atoms with Crippen molar-refractivity contribution < 1.29 is 19.6 Å². The van der Waals surface area contributed by atoms with E-state index in [0.717, 1.165) is 0 Å². The summed E-state index contributed by atoms with van der Waals surface area (Å²) in [6.07, 6.45) is 3.06. The fourth-order valence-corrected chi connectivity index (χ4v) is 1.86. The van der Waals surface area contributed by atoms with Crippen molar-refractivity contribution in [1.82, 2.24) is 9.97 Å². The van der Waals surface area contributed by atoms with Gasteiger partial charge in [-0.3, -0.25) is 14.9 Å². The van der Waals surface area contributed by atoms with Crippen LogP contribution in [0.25, 0.3) is 10.9 Å². The minimum Gasteiger partial charge on any atom is -0.481 e. The number of carbonyl (C=O) groups is 1. The number of aliphatic carboxylic acids is 1. The fraction of sp³-hybridized carbons (Fsp3) is 0.125. The van der Waals surface area contributed by atoms with Gasteiger partial charge in [0, 0.05) is 24.0 Å². The number of nitrogens with zero attached hydrogens (tertiary/aromatic N) is 2. The molecule has 0 bridgehead atoms. The molecule has 8 nitrogen and oxygen atoms in total. The Morgan fingerprint density at radius 2 is 2.04 bits per heavy atom. The van der Waals surface area contributed by atoms with E-state index in [1.807, 2.05) is 18.3 Å². The Bertz CT molecular complexity index is 801. The van der Waals surface area contributed by atoms with E-state index in [2.05, 4.69) is 28.2 Å². The number of aromatic nitrogens is 2. The fourth-order valence-electron chi connectivity index (χ4n) is 1.86. The van der Waals surface area contributed by atoms with Gasteiger partial charge in [-0.2, -0.15) is 0 Å². The van der Waals surface area contributed by atoms with Crippen LogP contribution in [0.5, 0.6) is 5.88 Å². The van der Waals surface area contributed by atoms with Crippen molar-refractivity contribution in [3.05, 3.63) is 65.0 Å². The molecule has 8 heteroatoms. The quantitative estimate of drug-likeness (QED) is 0.548. The number of H-pyrrole nitrogens is 1. The molecule has 0 spiro atoms. The van der Waals surface area contributed by atoms with Gasteiger partial charge >= 0.3 is 11.7 Å². The third-order valence-electron chi connectivity index (χ3n) is 2.96. The summed E-state index contributed by atoms with van der Waals surface area (Å²) in [5.74, 6) is -1.20. The first kappa shape index (κ1) is 16.9. The first-order valence-electron chi connectivity index (χ1n) is 7.04. The molecule has 3 aromatic rings. The lowest BCUT2D eigenvalue weighted by molar-refractivity contribution is -0.386. The van der Waals surface area contributed by atoms with E-state index in [-0.39, 0.29) is 24.6 Å². The smallest absolute Gasteiger partial charge is 0.330 e. The average Bonchev–Trinajstić information content (AvgIpc) is 3.04. The molecular weight excluding hydrogens is 314 g/mol. The Kier molecular flexibility index (Phi) is 5.84. The second-order valence-corrected chi connectivity index (χ2v) is 4.64. The molecule has 2 aromatic heterocycles. The third-order valence-corrected chi connectivity index (χ3v) is 2.96. The van der Waals surface area contributed by atoms with E-state index in [0.29, 0.717) is 0 Å². The Balaban J connectivity index is 0.000000194. The average molecular weight is 329 g/mol. The lowest BCUT2D eigenvalue weighted by Gasteiger charge is -2.02. The van der Waals surface area contributed by atoms with Crippen LogP contribution in [0.2, 0.25) is 0 Å². The summed E-state index contributed by atoms with van der Waals surface area (Å²) in [6.45, 7) is -0.146. The van der Waals surface area contributed by atoms with E-state index in [1.165, 1.54) is 29.2 Å². The summed E-state index contributed by atoms with van der Waals surface area (Å²) < 4.78 is 4.88. The Morgan fingerprint density at radius 1 is 1.25 bits per heavy atom. The van der Waals surface area contributed by atoms with Gasteiger partial charge in [-0.1, -0.05) is 18.2 Å². The van der Waals surface area contributed by atoms with E-state index in [4.69, 9.17) is 9.84 Å². The normalized spacial score (nSPS) is 9.83. The Labute approximate surface area is 136 Å². The van der Waals surface area contributed by atoms with Gasteiger partial charge in [-0.15, -0.1) is 0 Å². The number of para-hydroxylation sites is 1. The number of carboxylic acid groups (broad SMARTS) is 1. The van der Waals surface area contributed by atoms with Crippen LogP contribution in [-0.4, -0.2) is 32.6 Å². The highest BCUT2D eigenvalue weighted by Gasteiger charge is 2.15. The van der Waals surface area contributed by atoms with Gasteiger partial charge in [0.05, 0.1) is 11.3 Å². The summed E-state index contributed by atoms with van der Waals surface area (Å²) in [7, 11) is 0. The number of fused-ring (bicyclic) bond motifs is 1. The Morgan fingerprint density at radius 3 is 2.75 bits per heavy atom. The number of carboxylic acids is 1. The van der Waals surface area contributed by atoms with Crippen molar-refractivity contribution in [3.63, 3.8) is 0 Å². The first-order valence-corrected chi connectivity index (χ1v) is 7.04. The molecule has 3 rings (SSSR count). The van der Waals surface area contributed by atoms with Crippen LogP contribution in [0.1, 0.15) is 6.42 Å². The van der Waals surface area contributed by atoms with Crippen molar-refractivity contribution in [3.8, 4) is 5.88 Å². The molecule has 0 fully saturated rings. The predicted molar refractivity (Wildman–Crippen MR) is 86.9 cm³/mol. The number of hydrogen-bond acceptors (Lipinski definition) is 5. The van der Waals surface area contributed by atoms with Crippen molar-refractivity contribution >= 4 is 22.6 Å². The molecule has 0 atom stereocenters. The number of aromatic amines is 1. The van der Waals surface area contributed by atoms with E-state index < -0.39 is 10.9 Å². The number of rotatable bonds is 5. The zero-order chi connectivity index (χ0) is 17.4. The number of ether oxygens (including phenoxy) is 1. The highest BCUT2D eigenvalue weighted by atomic mass is 16.6. The van der Waals surface area contributed by atoms with Crippen LogP contribution >= 0.6 is 0 Å². The summed E-state index contributed by atoms with van der Waals surface area (Å²) in [4.78, 5) is 26.8. The van der Waals surface area contributed by atoms with E-state index in [1.54, 1.807) is 0 Å². The zero-order valence-electron chi connectivity index (χ0n) is 12.6. The van der Waals surface area contributed by atoms with Gasteiger partial charge in [0.2, 0.25) is 0 Å². The van der Waals surface area contributed by atoms with Crippen molar-refractivity contribution in [1.29, 1.82) is 0 Å². The maximum atomic E-state index is 10.5. The Hall–Kier alpha value is -3.42. The molecular formula is C16H15N3O5. The molecule has 0 aliphatic carbocycles. The summed E-state index contributed by atoms with van der Waals surface area (Å²) in [6, 6.07) is 12.9. The summed E-state index contributed by atoms with van der Waals surface area (Å²) in [5, 5.41) is 20.1. The maximum absolute atomic E-state index is 10.5. The van der Waals surface area contributed by atoms with Gasteiger partial charge in [-0.05, 0) is 23.6 Å². The standard InChI is InChI=1S/C8H8N2O5.C8H7N/c11-7(12)3-5-15-8-6(10(13)14)2-1-4-9-8;1-2-4-8-7(3-1)5-6-9-8/h1-2,4H,3,5H2,(H,11,12);1-6,9H. The highest BCUT2D eigenvalue weighted by molar-refractivity contribution is 5.78. The predicted octanol–water partition coefficient (Wildman–Crippen LogP) is 3.01. The van der Waals surface area contributed by atoms with E-state index >= 15 is 0 Å². The molecule has 0 saturated carbocycles. The van der Waals surface area contributed by atoms with Gasteiger partial charge in [0.25, 0.3) is 5.88 Å². The molecule has 0 unspecified atom stereocenters. The first-order chi connectivity index (χ1) is 11.6. The molecule has 0 aliphatic rings. The van der Waals surface area contributed by atoms with Crippen LogP contribution in [0.3, 0.4) is 0 Å². The minimum absolute atomic E-state index is 0.146. The number of pyridine rings is 1. The molecule has 0 saturated heterocycles. The molecule has 124 valence electrons. The van der Waals surface area contributed by atoms with Gasteiger partial charge < -0.3 is 14.8 Å². The second-order valence-electron chi connectivity index (χ2n) is 4.64. The largest absolute Gasteiger partial charge is 0.481 e. The number of nitro groups is 1. The molecule has 2 N–H and O–H groups in total. The monoisotopic (exact) mass is 329 g/mol. The molecule has 2 heterocycles. The molecule has 0 amide bonds. The van der Waals surface area contributed by atoms with Crippen LogP contribution in [0.15, 0.2) is 54.9 Å². The second kappa shape index (κ2) is 8.28.